The molecule has 0 bridgehead atoms. The highest BCUT2D eigenvalue weighted by Gasteiger charge is 2.10. The van der Waals surface area contributed by atoms with Gasteiger partial charge in [0.15, 0.2) is 0 Å². The van der Waals surface area contributed by atoms with Crippen LogP contribution in [-0.2, 0) is 10.0 Å². The normalized spacial score (nSPS) is 12.1. The first-order valence-electron chi connectivity index (χ1n) is 3.74. The van der Waals surface area contributed by atoms with Crippen molar-refractivity contribution in [2.45, 2.75) is 6.92 Å². The molecular formula is C6H8N4O2S2. The van der Waals surface area contributed by atoms with Gasteiger partial charge >= 0.3 is 0 Å². The quantitative estimate of drug-likeness (QED) is 0.816. The number of hydrogen-bond donors (Lipinski definition) is 1. The Morgan fingerprint density at radius 2 is 2.29 bits per heavy atom. The third kappa shape index (κ3) is 1.70. The number of aryl methyl sites for hydroxylation is 1. The van der Waals surface area contributed by atoms with Crippen LogP contribution in [0.15, 0.2) is 5.38 Å². The maximum Gasteiger partial charge on any atom is 0.257 e. The lowest BCUT2D eigenvalue weighted by atomic mass is 10.6. The van der Waals surface area contributed by atoms with E-state index in [9.17, 15) is 8.42 Å². The van der Waals surface area contributed by atoms with Crippen LogP contribution < -0.4 is 4.72 Å². The highest BCUT2D eigenvalue weighted by atomic mass is 32.2. The molecule has 2 heterocycles. The van der Waals surface area contributed by atoms with Crippen LogP contribution in [0.4, 0.5) is 5.95 Å². The number of rotatable bonds is 2. The van der Waals surface area contributed by atoms with Crippen molar-refractivity contribution in [2.24, 2.45) is 0 Å². The van der Waals surface area contributed by atoms with Crippen LogP contribution in [0.1, 0.15) is 5.69 Å². The molecule has 0 fully saturated rings. The monoisotopic (exact) mass is 232 g/mol. The fraction of sp³-hybridized carbons (Fsp3) is 0.333. The Bertz CT molecular complexity index is 568. The molecule has 14 heavy (non-hydrogen) atoms. The predicted octanol–water partition coefficient (Wildman–Crippen LogP) is 0.471. The summed E-state index contributed by atoms with van der Waals surface area (Å²) >= 11 is 1.42. The standard InChI is InChI=1S/C6H8N4O2S2/c1-4-3-13-6-7-5(8-10(4)6)9-14(2,11)12/h3H,1-2H3,(H,8,9). The molecule has 0 unspecified atom stereocenters. The van der Waals surface area contributed by atoms with Crippen LogP contribution >= 0.6 is 11.3 Å². The molecule has 0 aliphatic carbocycles. The summed E-state index contributed by atoms with van der Waals surface area (Å²) in [6.07, 6.45) is 1.06. The first-order valence-corrected chi connectivity index (χ1v) is 6.51. The predicted molar refractivity (Wildman–Crippen MR) is 54.1 cm³/mol. The van der Waals surface area contributed by atoms with Crippen molar-refractivity contribution in [3.63, 3.8) is 0 Å². The average molecular weight is 232 g/mol. The van der Waals surface area contributed by atoms with E-state index in [0.29, 0.717) is 4.96 Å². The van der Waals surface area contributed by atoms with Crippen LogP contribution in [0.5, 0.6) is 0 Å². The highest BCUT2D eigenvalue weighted by Crippen LogP contribution is 2.15. The van der Waals surface area contributed by atoms with E-state index >= 15 is 0 Å². The van der Waals surface area contributed by atoms with Gasteiger partial charge in [-0.3, -0.25) is 4.72 Å². The lowest BCUT2D eigenvalue weighted by Crippen LogP contribution is -2.10. The number of nitrogens with zero attached hydrogens (tertiary/aromatic N) is 3. The minimum absolute atomic E-state index is 0.113. The number of sulfonamides is 1. The second-order valence-corrected chi connectivity index (χ2v) is 5.47. The van der Waals surface area contributed by atoms with Gasteiger partial charge in [0.25, 0.3) is 5.95 Å². The summed E-state index contributed by atoms with van der Waals surface area (Å²) < 4.78 is 25.6. The molecule has 0 atom stereocenters. The zero-order valence-electron chi connectivity index (χ0n) is 7.55. The molecule has 8 heteroatoms. The van der Waals surface area contributed by atoms with Gasteiger partial charge in [-0.15, -0.1) is 16.4 Å². The van der Waals surface area contributed by atoms with Crippen molar-refractivity contribution < 1.29 is 8.42 Å². The van der Waals surface area contributed by atoms with Gasteiger partial charge in [0.2, 0.25) is 15.0 Å². The number of hydrogen-bond acceptors (Lipinski definition) is 5. The topological polar surface area (TPSA) is 76.4 Å². The summed E-state index contributed by atoms with van der Waals surface area (Å²) in [4.78, 5) is 4.67. The minimum Gasteiger partial charge on any atom is -0.250 e. The smallest absolute Gasteiger partial charge is 0.250 e. The van der Waals surface area contributed by atoms with E-state index in [4.69, 9.17) is 0 Å². The molecule has 0 aromatic carbocycles. The fourth-order valence-electron chi connectivity index (χ4n) is 1.00. The van der Waals surface area contributed by atoms with Crippen molar-refractivity contribution in [3.05, 3.63) is 11.1 Å². The third-order valence-electron chi connectivity index (χ3n) is 1.52. The molecule has 1 N–H and O–H groups in total. The van der Waals surface area contributed by atoms with Gasteiger partial charge in [0, 0.05) is 5.38 Å². The molecule has 0 amide bonds. The van der Waals surface area contributed by atoms with Gasteiger partial charge in [0.05, 0.1) is 11.9 Å². The lowest BCUT2D eigenvalue weighted by Gasteiger charge is -1.94. The fourth-order valence-corrected chi connectivity index (χ4v) is 2.22. The second kappa shape index (κ2) is 2.92. The summed E-state index contributed by atoms with van der Waals surface area (Å²) in [5.41, 5.74) is 0.930. The van der Waals surface area contributed by atoms with Crippen LogP contribution in [0.25, 0.3) is 4.96 Å². The molecule has 2 aromatic heterocycles. The van der Waals surface area contributed by atoms with Crippen molar-refractivity contribution in [3.8, 4) is 0 Å². The molecule has 0 saturated carbocycles. The van der Waals surface area contributed by atoms with E-state index in [1.807, 2.05) is 12.3 Å². The van der Waals surface area contributed by atoms with E-state index in [0.717, 1.165) is 11.9 Å². The van der Waals surface area contributed by atoms with Crippen molar-refractivity contribution >= 4 is 32.3 Å². The SMILES string of the molecule is Cc1csc2nc(NS(C)(=O)=O)nn12. The number of fused-ring (bicyclic) bond motifs is 1. The molecular weight excluding hydrogens is 224 g/mol. The van der Waals surface area contributed by atoms with Crippen molar-refractivity contribution in [1.82, 2.24) is 14.6 Å². The third-order valence-corrected chi connectivity index (χ3v) is 3.01. The molecule has 0 radical (unpaired) electrons. The summed E-state index contributed by atoms with van der Waals surface area (Å²) in [7, 11) is -3.30. The zero-order chi connectivity index (χ0) is 10.3. The minimum atomic E-state index is -3.30. The maximum absolute atomic E-state index is 10.9. The van der Waals surface area contributed by atoms with Gasteiger partial charge in [-0.25, -0.2) is 12.9 Å². The number of nitrogens with one attached hydrogen (secondary N) is 1. The van der Waals surface area contributed by atoms with Gasteiger partial charge in [0.1, 0.15) is 0 Å². The molecule has 6 nitrogen and oxygen atoms in total. The lowest BCUT2D eigenvalue weighted by molar-refractivity contribution is 0.606. The van der Waals surface area contributed by atoms with Crippen LogP contribution in [-0.4, -0.2) is 29.3 Å². The van der Waals surface area contributed by atoms with E-state index in [2.05, 4.69) is 14.8 Å². The first kappa shape index (κ1) is 9.41. The van der Waals surface area contributed by atoms with Gasteiger partial charge in [-0.1, -0.05) is 0 Å². The van der Waals surface area contributed by atoms with Gasteiger partial charge in [-0.05, 0) is 6.92 Å². The number of aromatic nitrogens is 3. The largest absolute Gasteiger partial charge is 0.257 e. The Kier molecular flexibility index (Phi) is 1.96. The summed E-state index contributed by atoms with van der Waals surface area (Å²) in [6.45, 7) is 1.88. The van der Waals surface area contributed by atoms with E-state index in [-0.39, 0.29) is 5.95 Å². The van der Waals surface area contributed by atoms with E-state index < -0.39 is 10.0 Å². The Hall–Kier alpha value is -1.15. The Labute approximate surface area is 84.6 Å². The molecule has 2 aromatic rings. The first-order chi connectivity index (χ1) is 6.46. The zero-order valence-corrected chi connectivity index (χ0v) is 9.18. The summed E-state index contributed by atoms with van der Waals surface area (Å²) in [5.74, 6) is 0.113. The molecule has 76 valence electrons. The summed E-state index contributed by atoms with van der Waals surface area (Å²) in [6, 6.07) is 0. The van der Waals surface area contributed by atoms with Crippen molar-refractivity contribution in [2.75, 3.05) is 11.0 Å². The van der Waals surface area contributed by atoms with Gasteiger partial charge < -0.3 is 0 Å². The molecule has 0 aliphatic rings. The van der Waals surface area contributed by atoms with Crippen LogP contribution in [0.3, 0.4) is 0 Å². The molecule has 0 aliphatic heterocycles. The molecule has 2 rings (SSSR count). The van der Waals surface area contributed by atoms with Crippen LogP contribution in [0, 0.1) is 6.92 Å². The summed E-state index contributed by atoms with van der Waals surface area (Å²) in [5, 5.41) is 5.89. The Balaban J connectivity index is 2.46. The highest BCUT2D eigenvalue weighted by molar-refractivity contribution is 7.91. The van der Waals surface area contributed by atoms with E-state index in [1.54, 1.807) is 4.52 Å². The number of anilines is 1. The van der Waals surface area contributed by atoms with Gasteiger partial charge in [-0.2, -0.15) is 4.98 Å². The number of thiazole rings is 1. The second-order valence-electron chi connectivity index (χ2n) is 2.88. The Morgan fingerprint density at radius 3 is 2.86 bits per heavy atom. The Morgan fingerprint density at radius 1 is 1.57 bits per heavy atom. The van der Waals surface area contributed by atoms with Crippen molar-refractivity contribution in [1.29, 1.82) is 0 Å². The van der Waals surface area contributed by atoms with Crippen LogP contribution in [0.2, 0.25) is 0 Å². The van der Waals surface area contributed by atoms with E-state index in [1.165, 1.54) is 11.3 Å². The molecule has 0 saturated heterocycles. The average Bonchev–Trinajstić information content (AvgIpc) is 2.51. The maximum atomic E-state index is 10.9. The molecule has 0 spiro atoms.